The number of rotatable bonds is 13. The molecule has 0 bridgehead atoms. The zero-order chi connectivity index (χ0) is 28.6. The summed E-state index contributed by atoms with van der Waals surface area (Å²) in [5, 5.41) is 9.17. The molecule has 0 aliphatic heterocycles. The molecule has 3 aromatic carbocycles. The van der Waals surface area contributed by atoms with Crippen LogP contribution in [-0.2, 0) is 29.0 Å². The van der Waals surface area contributed by atoms with Crippen molar-refractivity contribution < 1.29 is 35.8 Å². The molecule has 3 aromatic rings. The number of sulfone groups is 1. The molecular formula is C29H33F4NO4S. The third-order valence-electron chi connectivity index (χ3n) is 6.34. The number of alkyl halides is 3. The van der Waals surface area contributed by atoms with Gasteiger partial charge in [0.25, 0.3) is 0 Å². The molecular weight excluding hydrogens is 534 g/mol. The Labute approximate surface area is 227 Å². The maximum Gasteiger partial charge on any atom is 0.416 e. The van der Waals surface area contributed by atoms with Gasteiger partial charge in [-0.25, -0.2) is 12.8 Å². The van der Waals surface area contributed by atoms with Gasteiger partial charge >= 0.3 is 6.18 Å². The van der Waals surface area contributed by atoms with Crippen molar-refractivity contribution in [2.45, 2.75) is 43.3 Å². The molecule has 0 amide bonds. The lowest BCUT2D eigenvalue weighted by molar-refractivity contribution is -0.137. The summed E-state index contributed by atoms with van der Waals surface area (Å²) in [5.74, 6) is -0.607. The third kappa shape index (κ3) is 9.05. The molecule has 5 nitrogen and oxygen atoms in total. The molecule has 1 atom stereocenters. The van der Waals surface area contributed by atoms with E-state index < -0.39 is 34.0 Å². The van der Waals surface area contributed by atoms with Crippen LogP contribution in [0.2, 0.25) is 0 Å². The van der Waals surface area contributed by atoms with E-state index in [4.69, 9.17) is 4.74 Å². The lowest BCUT2D eigenvalue weighted by atomic mass is 10.00. The number of benzene rings is 3. The number of nitrogens with zero attached hydrogens (tertiary/aromatic N) is 1. The van der Waals surface area contributed by atoms with Gasteiger partial charge in [-0.2, -0.15) is 13.2 Å². The molecule has 0 heterocycles. The van der Waals surface area contributed by atoms with Gasteiger partial charge in [0.15, 0.2) is 9.84 Å². The Morgan fingerprint density at radius 2 is 1.74 bits per heavy atom. The summed E-state index contributed by atoms with van der Waals surface area (Å²) in [7, 11) is -3.75. The van der Waals surface area contributed by atoms with Crippen molar-refractivity contribution >= 4 is 9.84 Å². The molecule has 3 rings (SSSR count). The van der Waals surface area contributed by atoms with Crippen LogP contribution in [0.15, 0.2) is 71.6 Å². The van der Waals surface area contributed by atoms with Crippen LogP contribution in [0.5, 0.6) is 5.75 Å². The zero-order valence-electron chi connectivity index (χ0n) is 21.9. The fraction of sp³-hybridized carbons (Fsp3) is 0.379. The van der Waals surface area contributed by atoms with Crippen LogP contribution in [0.25, 0.3) is 0 Å². The van der Waals surface area contributed by atoms with Crippen LogP contribution in [0.3, 0.4) is 0 Å². The summed E-state index contributed by atoms with van der Waals surface area (Å²) in [5.41, 5.74) is 0.849. The Balaban J connectivity index is 1.72. The highest BCUT2D eigenvalue weighted by atomic mass is 32.2. The molecule has 212 valence electrons. The van der Waals surface area contributed by atoms with Gasteiger partial charge in [0.2, 0.25) is 0 Å². The number of halogens is 4. The summed E-state index contributed by atoms with van der Waals surface area (Å²) in [6.45, 7) is 3.15. The normalized spacial score (nSPS) is 13.0. The first-order valence-corrected chi connectivity index (χ1v) is 14.5. The predicted octanol–water partition coefficient (Wildman–Crippen LogP) is 5.86. The van der Waals surface area contributed by atoms with Gasteiger partial charge in [-0.1, -0.05) is 55.5 Å². The first-order valence-electron chi connectivity index (χ1n) is 12.6. The van der Waals surface area contributed by atoms with Crippen LogP contribution in [0.1, 0.15) is 41.5 Å². The Bertz CT molecular complexity index is 1330. The molecule has 10 heteroatoms. The van der Waals surface area contributed by atoms with Crippen LogP contribution < -0.4 is 4.74 Å². The minimum absolute atomic E-state index is 0.0525. The fourth-order valence-electron chi connectivity index (χ4n) is 4.45. The number of aliphatic hydroxyl groups is 1. The topological polar surface area (TPSA) is 66.8 Å². The molecule has 1 unspecified atom stereocenters. The van der Waals surface area contributed by atoms with Gasteiger partial charge in [0.05, 0.1) is 17.1 Å². The highest BCUT2D eigenvalue weighted by Crippen LogP contribution is 2.30. The van der Waals surface area contributed by atoms with E-state index in [1.165, 1.54) is 12.1 Å². The van der Waals surface area contributed by atoms with Crippen molar-refractivity contribution in [3.63, 3.8) is 0 Å². The van der Waals surface area contributed by atoms with E-state index in [9.17, 15) is 31.1 Å². The van der Waals surface area contributed by atoms with Crippen molar-refractivity contribution in [2.75, 3.05) is 32.6 Å². The summed E-state index contributed by atoms with van der Waals surface area (Å²) in [6, 6.07) is 17.4. The highest BCUT2D eigenvalue weighted by Gasteiger charge is 2.30. The Kier molecular flexibility index (Phi) is 10.5. The Hall–Kier alpha value is -2.95. The SMILES string of the molecule is CC(CN(CCCOc1cc(F)c(CCO)c(S(C)(=O)=O)c1)Cc1cccc(C(F)(F)F)c1)c1ccccc1. The Morgan fingerprint density at radius 1 is 1.03 bits per heavy atom. The summed E-state index contributed by atoms with van der Waals surface area (Å²) >= 11 is 0. The molecule has 0 aliphatic carbocycles. The quantitative estimate of drug-likeness (QED) is 0.207. The van der Waals surface area contributed by atoms with Crippen molar-refractivity contribution in [3.05, 3.63) is 94.8 Å². The zero-order valence-corrected chi connectivity index (χ0v) is 22.7. The second-order valence-corrected chi connectivity index (χ2v) is 11.6. The van der Waals surface area contributed by atoms with Gasteiger partial charge in [-0.05, 0) is 42.0 Å². The molecule has 0 saturated heterocycles. The standard InChI is InChI=1S/C29H33F4NO4S/c1-21(23-9-4-3-5-10-23)19-34(20-22-8-6-11-24(16-22)29(31,32)33)13-7-15-38-25-17-27(30)26(12-14-35)28(18-25)39(2,36)37/h3-6,8-11,16-18,21,35H,7,12-15,19-20H2,1-2H3. The van der Waals surface area contributed by atoms with Gasteiger partial charge < -0.3 is 9.84 Å². The largest absolute Gasteiger partial charge is 0.493 e. The summed E-state index contributed by atoms with van der Waals surface area (Å²) in [6.07, 6.45) is -3.14. The van der Waals surface area contributed by atoms with Gasteiger partial charge in [-0.15, -0.1) is 0 Å². The first kappa shape index (κ1) is 30.6. The minimum atomic E-state index is -4.43. The van der Waals surface area contributed by atoms with E-state index in [0.29, 0.717) is 31.6 Å². The molecule has 0 saturated carbocycles. The predicted molar refractivity (Wildman–Crippen MR) is 142 cm³/mol. The summed E-state index contributed by atoms with van der Waals surface area (Å²) in [4.78, 5) is 1.82. The molecule has 0 fully saturated rings. The molecule has 0 aliphatic rings. The van der Waals surface area contributed by atoms with Crippen LogP contribution in [0, 0.1) is 5.82 Å². The van der Waals surface area contributed by atoms with E-state index in [1.54, 1.807) is 6.07 Å². The second kappa shape index (κ2) is 13.4. The first-order chi connectivity index (χ1) is 18.4. The van der Waals surface area contributed by atoms with E-state index in [0.717, 1.165) is 30.0 Å². The van der Waals surface area contributed by atoms with Crippen LogP contribution >= 0.6 is 0 Å². The molecule has 39 heavy (non-hydrogen) atoms. The molecule has 0 radical (unpaired) electrons. The number of aliphatic hydroxyl groups excluding tert-OH is 1. The van der Waals surface area contributed by atoms with E-state index in [1.807, 2.05) is 42.2 Å². The summed E-state index contributed by atoms with van der Waals surface area (Å²) < 4.78 is 84.3. The number of ether oxygens (including phenoxy) is 1. The molecule has 0 spiro atoms. The van der Waals surface area contributed by atoms with E-state index in [2.05, 4.69) is 0 Å². The lowest BCUT2D eigenvalue weighted by Crippen LogP contribution is -2.29. The van der Waals surface area contributed by atoms with Gasteiger partial charge in [0.1, 0.15) is 11.6 Å². The fourth-order valence-corrected chi connectivity index (χ4v) is 5.43. The van der Waals surface area contributed by atoms with Crippen LogP contribution in [0.4, 0.5) is 17.6 Å². The van der Waals surface area contributed by atoms with Crippen molar-refractivity contribution in [3.8, 4) is 5.75 Å². The lowest BCUT2D eigenvalue weighted by Gasteiger charge is -2.26. The monoisotopic (exact) mass is 567 g/mol. The number of hydrogen-bond donors (Lipinski definition) is 1. The average molecular weight is 568 g/mol. The second-order valence-electron chi connectivity index (χ2n) is 9.57. The molecule has 0 aromatic heterocycles. The highest BCUT2D eigenvalue weighted by molar-refractivity contribution is 7.90. The Morgan fingerprint density at radius 3 is 2.38 bits per heavy atom. The third-order valence-corrected chi connectivity index (χ3v) is 7.50. The smallest absolute Gasteiger partial charge is 0.416 e. The minimum Gasteiger partial charge on any atom is -0.493 e. The maximum absolute atomic E-state index is 14.6. The van der Waals surface area contributed by atoms with Crippen molar-refractivity contribution in [1.82, 2.24) is 4.90 Å². The van der Waals surface area contributed by atoms with E-state index >= 15 is 0 Å². The molecule has 1 N–H and O–H groups in total. The average Bonchev–Trinajstić information content (AvgIpc) is 2.87. The van der Waals surface area contributed by atoms with Gasteiger partial charge in [-0.3, -0.25) is 4.90 Å². The van der Waals surface area contributed by atoms with Gasteiger partial charge in [0, 0.05) is 44.1 Å². The van der Waals surface area contributed by atoms with Crippen molar-refractivity contribution in [1.29, 1.82) is 0 Å². The van der Waals surface area contributed by atoms with Crippen molar-refractivity contribution in [2.24, 2.45) is 0 Å². The van der Waals surface area contributed by atoms with Crippen LogP contribution in [-0.4, -0.2) is 51.0 Å². The number of hydrogen-bond acceptors (Lipinski definition) is 5. The maximum atomic E-state index is 14.6. The van der Waals surface area contributed by atoms with E-state index in [-0.39, 0.29) is 35.2 Å².